The van der Waals surface area contributed by atoms with Crippen LogP contribution >= 0.6 is 11.3 Å². The van der Waals surface area contributed by atoms with E-state index in [1.807, 2.05) is 0 Å². The van der Waals surface area contributed by atoms with Gasteiger partial charge in [-0.2, -0.15) is 0 Å². The molecule has 3 N–H and O–H groups in total. The van der Waals surface area contributed by atoms with Crippen LogP contribution in [0.1, 0.15) is 39.6 Å². The maximum absolute atomic E-state index is 12.6. The second-order valence-corrected chi connectivity index (χ2v) is 7.62. The van der Waals surface area contributed by atoms with Gasteiger partial charge in [0.25, 0.3) is 5.91 Å². The molecule has 164 valence electrons. The highest BCUT2D eigenvalue weighted by Gasteiger charge is 2.30. The SMILES string of the molecule is CCOC(=O)C1=C(COC(=O)c2sc(NC(=O)c3ccco3)cc2C)NC(=O)NC1C. The molecular formula is C20H21N3O7S. The minimum atomic E-state index is -0.655. The predicted molar refractivity (Wildman–Crippen MR) is 111 cm³/mol. The summed E-state index contributed by atoms with van der Waals surface area (Å²) in [6.45, 7) is 4.84. The number of anilines is 1. The minimum absolute atomic E-state index is 0.143. The van der Waals surface area contributed by atoms with Crippen molar-refractivity contribution < 1.29 is 33.1 Å². The Morgan fingerprint density at radius 3 is 2.71 bits per heavy atom. The minimum Gasteiger partial charge on any atom is -0.463 e. The van der Waals surface area contributed by atoms with Gasteiger partial charge in [0.2, 0.25) is 0 Å². The summed E-state index contributed by atoms with van der Waals surface area (Å²) in [5.41, 5.74) is 0.944. The molecule has 1 atom stereocenters. The van der Waals surface area contributed by atoms with Gasteiger partial charge in [-0.25, -0.2) is 14.4 Å². The fourth-order valence-electron chi connectivity index (χ4n) is 2.92. The summed E-state index contributed by atoms with van der Waals surface area (Å²) < 4.78 is 15.4. The molecule has 0 saturated heterocycles. The zero-order valence-electron chi connectivity index (χ0n) is 17.1. The second-order valence-electron chi connectivity index (χ2n) is 6.56. The molecule has 10 nitrogen and oxygen atoms in total. The first-order valence-corrected chi connectivity index (χ1v) is 10.2. The number of hydrogen-bond donors (Lipinski definition) is 3. The summed E-state index contributed by atoms with van der Waals surface area (Å²) in [6, 6.07) is 3.64. The molecule has 0 spiro atoms. The number of aryl methyl sites for hydroxylation is 1. The van der Waals surface area contributed by atoms with Crippen molar-refractivity contribution in [1.29, 1.82) is 0 Å². The van der Waals surface area contributed by atoms with Gasteiger partial charge in [0.15, 0.2) is 5.76 Å². The second kappa shape index (κ2) is 9.47. The Morgan fingerprint density at radius 2 is 2.03 bits per heavy atom. The molecule has 2 aromatic heterocycles. The molecule has 0 aliphatic carbocycles. The summed E-state index contributed by atoms with van der Waals surface area (Å²) in [5.74, 6) is -1.56. The topological polar surface area (TPSA) is 136 Å². The number of esters is 2. The number of thiophene rings is 1. The Labute approximate surface area is 181 Å². The first kappa shape index (κ1) is 22.1. The van der Waals surface area contributed by atoms with E-state index in [1.54, 1.807) is 32.9 Å². The van der Waals surface area contributed by atoms with E-state index < -0.39 is 29.9 Å². The molecular weight excluding hydrogens is 426 g/mol. The van der Waals surface area contributed by atoms with Crippen molar-refractivity contribution in [1.82, 2.24) is 10.6 Å². The van der Waals surface area contributed by atoms with Gasteiger partial charge in [0, 0.05) is 0 Å². The van der Waals surface area contributed by atoms with Gasteiger partial charge >= 0.3 is 18.0 Å². The van der Waals surface area contributed by atoms with E-state index >= 15 is 0 Å². The zero-order valence-corrected chi connectivity index (χ0v) is 17.9. The smallest absolute Gasteiger partial charge is 0.349 e. The van der Waals surface area contributed by atoms with Crippen molar-refractivity contribution >= 4 is 40.2 Å². The molecule has 3 heterocycles. The van der Waals surface area contributed by atoms with Gasteiger partial charge in [-0.15, -0.1) is 11.3 Å². The molecule has 1 unspecified atom stereocenters. The Balaban J connectivity index is 1.71. The number of hydrogen-bond acceptors (Lipinski definition) is 8. The van der Waals surface area contributed by atoms with Crippen molar-refractivity contribution in [3.05, 3.63) is 51.9 Å². The Bertz CT molecular complexity index is 1040. The lowest BCUT2D eigenvalue weighted by atomic mass is 10.0. The van der Waals surface area contributed by atoms with Gasteiger partial charge in [0.05, 0.1) is 35.2 Å². The van der Waals surface area contributed by atoms with Crippen molar-refractivity contribution in [2.45, 2.75) is 26.8 Å². The number of rotatable bonds is 7. The molecule has 1 aliphatic heterocycles. The number of urea groups is 1. The number of carbonyl (C=O) groups is 4. The molecule has 3 rings (SSSR count). The fraction of sp³-hybridized carbons (Fsp3) is 0.300. The monoisotopic (exact) mass is 447 g/mol. The van der Waals surface area contributed by atoms with Gasteiger partial charge < -0.3 is 29.8 Å². The van der Waals surface area contributed by atoms with Crippen LogP contribution in [0.4, 0.5) is 9.80 Å². The number of ether oxygens (including phenoxy) is 2. The molecule has 0 radical (unpaired) electrons. The highest BCUT2D eigenvalue weighted by Crippen LogP contribution is 2.28. The largest absolute Gasteiger partial charge is 0.463 e. The normalized spacial score (nSPS) is 15.7. The van der Waals surface area contributed by atoms with Gasteiger partial charge in [-0.3, -0.25) is 4.79 Å². The maximum Gasteiger partial charge on any atom is 0.349 e. The molecule has 0 saturated carbocycles. The quantitative estimate of drug-likeness (QED) is 0.555. The molecule has 0 aromatic carbocycles. The fourth-order valence-corrected chi connectivity index (χ4v) is 3.89. The standard InChI is InChI=1S/C20H21N3O7S/c1-4-28-18(25)15-11(3)21-20(27)22-12(15)9-30-19(26)16-10(2)8-14(31-16)23-17(24)13-6-5-7-29-13/h5-8,11H,4,9H2,1-3H3,(H,23,24)(H2,21,22,27). The summed E-state index contributed by atoms with van der Waals surface area (Å²) in [4.78, 5) is 49.0. The first-order chi connectivity index (χ1) is 14.8. The average Bonchev–Trinajstić information content (AvgIpc) is 3.35. The van der Waals surface area contributed by atoms with Crippen LogP contribution in [0.3, 0.4) is 0 Å². The predicted octanol–water partition coefficient (Wildman–Crippen LogP) is 2.58. The highest BCUT2D eigenvalue weighted by atomic mass is 32.1. The summed E-state index contributed by atoms with van der Waals surface area (Å²) in [7, 11) is 0. The third-order valence-corrected chi connectivity index (χ3v) is 5.43. The Kier molecular flexibility index (Phi) is 6.75. The maximum atomic E-state index is 12.6. The van der Waals surface area contributed by atoms with Crippen molar-refractivity contribution in [3.8, 4) is 0 Å². The van der Waals surface area contributed by atoms with E-state index in [0.717, 1.165) is 11.3 Å². The summed E-state index contributed by atoms with van der Waals surface area (Å²) in [5, 5.41) is 8.16. The van der Waals surface area contributed by atoms with Crippen molar-refractivity contribution in [2.24, 2.45) is 0 Å². The van der Waals surface area contributed by atoms with Crippen LogP contribution in [0, 0.1) is 6.92 Å². The molecule has 1 aliphatic rings. The summed E-state index contributed by atoms with van der Waals surface area (Å²) in [6.07, 6.45) is 1.39. The van der Waals surface area contributed by atoms with Crippen LogP contribution in [0.5, 0.6) is 0 Å². The molecule has 11 heteroatoms. The van der Waals surface area contributed by atoms with Gasteiger partial charge in [-0.05, 0) is 44.5 Å². The van der Waals surface area contributed by atoms with Gasteiger partial charge in [0.1, 0.15) is 11.5 Å². The van der Waals surface area contributed by atoms with Gasteiger partial charge in [-0.1, -0.05) is 0 Å². The van der Waals surface area contributed by atoms with E-state index in [-0.39, 0.29) is 35.1 Å². The highest BCUT2D eigenvalue weighted by molar-refractivity contribution is 7.18. The van der Waals surface area contributed by atoms with Crippen LogP contribution in [-0.4, -0.2) is 43.1 Å². The number of furan rings is 1. The van der Waals surface area contributed by atoms with Crippen LogP contribution in [-0.2, 0) is 14.3 Å². The van der Waals surface area contributed by atoms with Crippen molar-refractivity contribution in [3.63, 3.8) is 0 Å². The molecule has 3 amide bonds. The number of carbonyl (C=O) groups excluding carboxylic acids is 4. The number of nitrogens with one attached hydrogen (secondary N) is 3. The lowest BCUT2D eigenvalue weighted by Gasteiger charge is -2.26. The molecule has 0 bridgehead atoms. The summed E-state index contributed by atoms with van der Waals surface area (Å²) >= 11 is 1.04. The van der Waals surface area contributed by atoms with E-state index in [4.69, 9.17) is 13.9 Å². The average molecular weight is 447 g/mol. The van der Waals surface area contributed by atoms with Crippen LogP contribution < -0.4 is 16.0 Å². The molecule has 31 heavy (non-hydrogen) atoms. The number of amides is 3. The molecule has 2 aromatic rings. The Hall–Kier alpha value is -3.60. The lowest BCUT2D eigenvalue weighted by Crippen LogP contribution is -2.50. The lowest BCUT2D eigenvalue weighted by molar-refractivity contribution is -0.139. The Morgan fingerprint density at radius 1 is 1.26 bits per heavy atom. The van der Waals surface area contributed by atoms with Crippen LogP contribution in [0.25, 0.3) is 0 Å². The zero-order chi connectivity index (χ0) is 22.5. The first-order valence-electron chi connectivity index (χ1n) is 9.40. The third kappa shape index (κ3) is 5.12. The van der Waals surface area contributed by atoms with E-state index in [0.29, 0.717) is 10.6 Å². The van der Waals surface area contributed by atoms with E-state index in [1.165, 1.54) is 12.3 Å². The van der Waals surface area contributed by atoms with Crippen molar-refractivity contribution in [2.75, 3.05) is 18.5 Å². The van der Waals surface area contributed by atoms with Crippen LogP contribution in [0.2, 0.25) is 0 Å². The van der Waals surface area contributed by atoms with E-state index in [2.05, 4.69) is 16.0 Å². The molecule has 0 fully saturated rings. The van der Waals surface area contributed by atoms with Crippen LogP contribution in [0.15, 0.2) is 40.1 Å². The third-order valence-electron chi connectivity index (χ3n) is 4.30. The van der Waals surface area contributed by atoms with E-state index in [9.17, 15) is 19.2 Å².